The summed E-state index contributed by atoms with van der Waals surface area (Å²) in [5.41, 5.74) is 2.15. The molecule has 0 aliphatic carbocycles. The van der Waals surface area contributed by atoms with E-state index in [1.807, 2.05) is 6.07 Å². The SMILES string of the molecule is Cc1nc(=O)n(Cc2ccnn2C)c(C)c1C(C)C(=O)O. The first kappa shape index (κ1) is 15.0. The van der Waals surface area contributed by atoms with Crippen molar-refractivity contribution in [2.24, 2.45) is 7.05 Å². The molecule has 0 saturated heterocycles. The largest absolute Gasteiger partial charge is 0.481 e. The van der Waals surface area contributed by atoms with E-state index in [0.29, 0.717) is 23.5 Å². The van der Waals surface area contributed by atoms with Crippen LogP contribution < -0.4 is 5.69 Å². The number of hydrogen-bond acceptors (Lipinski definition) is 4. The van der Waals surface area contributed by atoms with Crippen LogP contribution in [0.2, 0.25) is 0 Å². The molecule has 1 unspecified atom stereocenters. The van der Waals surface area contributed by atoms with Gasteiger partial charge in [-0.25, -0.2) is 4.79 Å². The summed E-state index contributed by atoms with van der Waals surface area (Å²) in [5, 5.41) is 13.3. The Labute approximate surface area is 121 Å². The molecule has 112 valence electrons. The number of carboxylic acids is 1. The predicted octanol–water partition coefficient (Wildman–Crippen LogP) is 0.830. The van der Waals surface area contributed by atoms with Crippen LogP contribution in [0, 0.1) is 13.8 Å². The fourth-order valence-electron chi connectivity index (χ4n) is 2.47. The van der Waals surface area contributed by atoms with Crippen LogP contribution in [0.5, 0.6) is 0 Å². The van der Waals surface area contributed by atoms with Gasteiger partial charge in [0.25, 0.3) is 0 Å². The first-order chi connectivity index (χ1) is 9.82. The minimum absolute atomic E-state index is 0.313. The number of carboxylic acid groups (broad SMARTS) is 1. The monoisotopic (exact) mass is 290 g/mol. The van der Waals surface area contributed by atoms with Crippen molar-refractivity contribution in [3.05, 3.63) is 45.4 Å². The van der Waals surface area contributed by atoms with Gasteiger partial charge >= 0.3 is 11.7 Å². The molecule has 0 spiro atoms. The summed E-state index contributed by atoms with van der Waals surface area (Å²) in [6.45, 7) is 5.32. The van der Waals surface area contributed by atoms with Gasteiger partial charge < -0.3 is 5.11 Å². The Balaban J connectivity index is 2.57. The second-order valence-corrected chi connectivity index (χ2v) is 5.07. The van der Waals surface area contributed by atoms with Crippen molar-refractivity contribution in [1.29, 1.82) is 0 Å². The number of carbonyl (C=O) groups is 1. The van der Waals surface area contributed by atoms with Crippen LogP contribution in [-0.4, -0.2) is 30.4 Å². The molecule has 2 aromatic heterocycles. The van der Waals surface area contributed by atoms with E-state index in [2.05, 4.69) is 10.1 Å². The first-order valence-electron chi connectivity index (χ1n) is 6.60. The predicted molar refractivity (Wildman–Crippen MR) is 76.3 cm³/mol. The maximum absolute atomic E-state index is 12.1. The van der Waals surface area contributed by atoms with Gasteiger partial charge in [0.1, 0.15) is 0 Å². The summed E-state index contributed by atoms with van der Waals surface area (Å²) in [7, 11) is 1.79. The quantitative estimate of drug-likeness (QED) is 0.900. The Morgan fingerprint density at radius 2 is 2.10 bits per heavy atom. The van der Waals surface area contributed by atoms with Gasteiger partial charge in [-0.1, -0.05) is 0 Å². The van der Waals surface area contributed by atoms with Crippen LogP contribution in [-0.2, 0) is 18.4 Å². The van der Waals surface area contributed by atoms with E-state index in [-0.39, 0.29) is 5.69 Å². The lowest BCUT2D eigenvalue weighted by Crippen LogP contribution is -2.30. The highest BCUT2D eigenvalue weighted by molar-refractivity contribution is 5.76. The normalized spacial score (nSPS) is 12.4. The van der Waals surface area contributed by atoms with E-state index < -0.39 is 11.9 Å². The van der Waals surface area contributed by atoms with Gasteiger partial charge in [-0.05, 0) is 26.8 Å². The highest BCUT2D eigenvalue weighted by atomic mass is 16.4. The molecule has 0 aliphatic heterocycles. The molecule has 0 radical (unpaired) electrons. The molecule has 7 nitrogen and oxygen atoms in total. The van der Waals surface area contributed by atoms with Crippen molar-refractivity contribution >= 4 is 5.97 Å². The minimum Gasteiger partial charge on any atom is -0.481 e. The lowest BCUT2D eigenvalue weighted by molar-refractivity contribution is -0.138. The van der Waals surface area contributed by atoms with Crippen LogP contribution in [0.15, 0.2) is 17.1 Å². The van der Waals surface area contributed by atoms with Crippen LogP contribution in [0.25, 0.3) is 0 Å². The zero-order valence-corrected chi connectivity index (χ0v) is 12.5. The summed E-state index contributed by atoms with van der Waals surface area (Å²) < 4.78 is 3.16. The van der Waals surface area contributed by atoms with Gasteiger partial charge in [0.05, 0.1) is 18.2 Å². The maximum atomic E-state index is 12.1. The van der Waals surface area contributed by atoms with Gasteiger partial charge in [0.2, 0.25) is 0 Å². The Hall–Kier alpha value is -2.44. The Kier molecular flexibility index (Phi) is 3.93. The number of aliphatic carboxylic acids is 1. The zero-order valence-electron chi connectivity index (χ0n) is 12.5. The van der Waals surface area contributed by atoms with Crippen LogP contribution in [0.3, 0.4) is 0 Å². The van der Waals surface area contributed by atoms with Crippen molar-refractivity contribution < 1.29 is 9.90 Å². The van der Waals surface area contributed by atoms with E-state index in [4.69, 9.17) is 0 Å². The van der Waals surface area contributed by atoms with Crippen molar-refractivity contribution in [2.45, 2.75) is 33.2 Å². The highest BCUT2D eigenvalue weighted by Crippen LogP contribution is 2.21. The number of nitrogens with zero attached hydrogens (tertiary/aromatic N) is 4. The lowest BCUT2D eigenvalue weighted by Gasteiger charge is -2.18. The van der Waals surface area contributed by atoms with Crippen LogP contribution >= 0.6 is 0 Å². The van der Waals surface area contributed by atoms with Gasteiger partial charge in [-0.3, -0.25) is 14.0 Å². The van der Waals surface area contributed by atoms with Crippen molar-refractivity contribution in [3.8, 4) is 0 Å². The number of aromatic nitrogens is 4. The van der Waals surface area contributed by atoms with Crippen molar-refractivity contribution in [3.63, 3.8) is 0 Å². The lowest BCUT2D eigenvalue weighted by atomic mass is 9.98. The molecule has 1 atom stereocenters. The van der Waals surface area contributed by atoms with Gasteiger partial charge in [0.15, 0.2) is 0 Å². The molecule has 0 fully saturated rings. The zero-order chi connectivity index (χ0) is 15.7. The molecule has 0 aliphatic rings. The average molecular weight is 290 g/mol. The maximum Gasteiger partial charge on any atom is 0.348 e. The van der Waals surface area contributed by atoms with Crippen LogP contribution in [0.1, 0.15) is 35.5 Å². The summed E-state index contributed by atoms with van der Waals surface area (Å²) in [6.07, 6.45) is 1.65. The first-order valence-corrected chi connectivity index (χ1v) is 6.60. The topological polar surface area (TPSA) is 90.0 Å². The summed E-state index contributed by atoms with van der Waals surface area (Å²) in [6, 6.07) is 1.81. The molecule has 0 bridgehead atoms. The number of aryl methyl sites for hydroxylation is 2. The third-order valence-electron chi connectivity index (χ3n) is 3.72. The molecule has 2 aromatic rings. The molecule has 0 amide bonds. The van der Waals surface area contributed by atoms with E-state index in [0.717, 1.165) is 5.69 Å². The van der Waals surface area contributed by atoms with Crippen LogP contribution in [0.4, 0.5) is 0 Å². The second kappa shape index (κ2) is 5.51. The Bertz CT molecular complexity index is 745. The highest BCUT2D eigenvalue weighted by Gasteiger charge is 2.22. The van der Waals surface area contributed by atoms with E-state index >= 15 is 0 Å². The Morgan fingerprint density at radius 1 is 1.43 bits per heavy atom. The standard InChI is InChI=1S/C14H18N4O3/c1-8(13(19)20)12-9(2)16-14(21)18(10(12)3)7-11-5-6-15-17(11)4/h5-6,8H,7H2,1-4H3,(H,19,20). The van der Waals surface area contributed by atoms with Gasteiger partial charge in [-0.2, -0.15) is 10.1 Å². The number of hydrogen-bond donors (Lipinski definition) is 1. The summed E-state index contributed by atoms with van der Waals surface area (Å²) in [5.74, 6) is -1.65. The smallest absolute Gasteiger partial charge is 0.348 e. The van der Waals surface area contributed by atoms with Gasteiger partial charge in [-0.15, -0.1) is 0 Å². The summed E-state index contributed by atoms with van der Waals surface area (Å²) in [4.78, 5) is 27.3. The molecule has 7 heteroatoms. The molecule has 0 aromatic carbocycles. The average Bonchev–Trinajstić information content (AvgIpc) is 2.79. The molecular weight excluding hydrogens is 272 g/mol. The fraction of sp³-hybridized carbons (Fsp3) is 0.429. The van der Waals surface area contributed by atoms with Gasteiger partial charge in [0, 0.05) is 30.2 Å². The minimum atomic E-state index is -0.936. The van der Waals surface area contributed by atoms with E-state index in [1.165, 1.54) is 4.57 Å². The summed E-state index contributed by atoms with van der Waals surface area (Å²) >= 11 is 0. The molecule has 1 N–H and O–H groups in total. The molecular formula is C14H18N4O3. The molecule has 0 saturated carbocycles. The van der Waals surface area contributed by atoms with E-state index in [1.54, 1.807) is 38.7 Å². The fourth-order valence-corrected chi connectivity index (χ4v) is 2.47. The second-order valence-electron chi connectivity index (χ2n) is 5.07. The van der Waals surface area contributed by atoms with E-state index in [9.17, 15) is 14.7 Å². The molecule has 21 heavy (non-hydrogen) atoms. The van der Waals surface area contributed by atoms with Crippen molar-refractivity contribution in [2.75, 3.05) is 0 Å². The van der Waals surface area contributed by atoms with Crippen molar-refractivity contribution in [1.82, 2.24) is 19.3 Å². The third kappa shape index (κ3) is 2.72. The molecule has 2 rings (SSSR count). The third-order valence-corrected chi connectivity index (χ3v) is 3.72. The number of rotatable bonds is 4. The molecule has 2 heterocycles. The Morgan fingerprint density at radius 3 is 2.62 bits per heavy atom.